The molecule has 0 amide bonds. The number of carbonyl (C=O) groups is 1. The van der Waals surface area contributed by atoms with E-state index >= 15 is 0 Å². The Hall–Kier alpha value is -2.11. The summed E-state index contributed by atoms with van der Waals surface area (Å²) in [4.78, 5) is 10.4. The first-order valence-corrected chi connectivity index (χ1v) is 3.84. The van der Waals surface area contributed by atoms with Crippen LogP contribution in [0.1, 0.15) is 10.6 Å². The van der Waals surface area contributed by atoms with Crippen LogP contribution in [0.4, 0.5) is 0 Å². The zero-order chi connectivity index (χ0) is 10.1. The third-order valence-corrected chi connectivity index (χ3v) is 1.71. The minimum atomic E-state index is -1.38. The van der Waals surface area contributed by atoms with E-state index in [9.17, 15) is 9.90 Å². The van der Waals surface area contributed by atoms with Gasteiger partial charge in [0.15, 0.2) is 5.76 Å². The van der Waals surface area contributed by atoms with Gasteiger partial charge in [-0.15, -0.1) is 0 Å². The monoisotopic (exact) mass is 192 g/mol. The van der Waals surface area contributed by atoms with Crippen molar-refractivity contribution in [2.75, 3.05) is 0 Å². The number of carboxylic acid groups (broad SMARTS) is 1. The zero-order valence-electron chi connectivity index (χ0n) is 7.30. The van der Waals surface area contributed by atoms with Crippen molar-refractivity contribution >= 4 is 5.97 Å². The van der Waals surface area contributed by atoms with Gasteiger partial charge in [0.1, 0.15) is 11.7 Å². The van der Waals surface area contributed by atoms with Crippen LogP contribution in [0.2, 0.25) is 0 Å². The van der Waals surface area contributed by atoms with E-state index in [0.717, 1.165) is 0 Å². The molecule has 2 aromatic rings. The Morgan fingerprint density at radius 3 is 2.93 bits per heavy atom. The summed E-state index contributed by atoms with van der Waals surface area (Å²) in [5, 5.41) is 17.9. The molecule has 0 radical (unpaired) electrons. The largest absolute Gasteiger partial charge is 0.541 e. The second-order valence-corrected chi connectivity index (χ2v) is 2.77. The van der Waals surface area contributed by atoms with Crippen molar-refractivity contribution in [3.05, 3.63) is 24.2 Å². The fraction of sp³-hybridized carbons (Fsp3) is 0.125. The maximum absolute atomic E-state index is 10.4. The third kappa shape index (κ3) is 1.37. The van der Waals surface area contributed by atoms with Crippen molar-refractivity contribution in [3.63, 3.8) is 0 Å². The highest BCUT2D eigenvalue weighted by Gasteiger charge is 2.08. The molecule has 0 aliphatic rings. The van der Waals surface area contributed by atoms with Gasteiger partial charge in [0.05, 0.1) is 6.20 Å². The van der Waals surface area contributed by atoms with Crippen molar-refractivity contribution in [1.82, 2.24) is 14.9 Å². The lowest BCUT2D eigenvalue weighted by Gasteiger charge is -1.89. The molecule has 2 rings (SSSR count). The van der Waals surface area contributed by atoms with E-state index in [4.69, 9.17) is 0 Å². The number of carboxylic acids is 1. The SMILES string of the molecule is Cn1cc(-c2cc(C(=O)[O-])on2)cn1. The normalized spacial score (nSPS) is 10.4. The minimum absolute atomic E-state index is 0.288. The van der Waals surface area contributed by atoms with Crippen LogP contribution in [0.5, 0.6) is 0 Å². The Balaban J connectivity index is 2.38. The van der Waals surface area contributed by atoms with Crippen molar-refractivity contribution < 1.29 is 14.4 Å². The van der Waals surface area contributed by atoms with Gasteiger partial charge in [-0.2, -0.15) is 5.10 Å². The van der Waals surface area contributed by atoms with Crippen LogP contribution in [0.25, 0.3) is 11.3 Å². The summed E-state index contributed by atoms with van der Waals surface area (Å²) in [7, 11) is 1.75. The van der Waals surface area contributed by atoms with Gasteiger partial charge in [-0.3, -0.25) is 4.68 Å². The number of carbonyl (C=O) groups excluding carboxylic acids is 1. The molecule has 0 unspecified atom stereocenters. The average molecular weight is 192 g/mol. The predicted molar refractivity (Wildman–Crippen MR) is 43.0 cm³/mol. The molecular formula is C8H6N3O3-. The summed E-state index contributed by atoms with van der Waals surface area (Å²) in [5.41, 5.74) is 1.13. The molecule has 0 spiro atoms. The zero-order valence-corrected chi connectivity index (χ0v) is 7.30. The lowest BCUT2D eigenvalue weighted by molar-refractivity contribution is -0.257. The number of aryl methyl sites for hydroxylation is 1. The fourth-order valence-electron chi connectivity index (χ4n) is 1.06. The van der Waals surface area contributed by atoms with E-state index in [1.807, 2.05) is 0 Å². The first-order chi connectivity index (χ1) is 6.66. The predicted octanol–water partition coefficient (Wildman–Crippen LogP) is -0.561. The second-order valence-electron chi connectivity index (χ2n) is 2.77. The molecule has 0 saturated carbocycles. The van der Waals surface area contributed by atoms with Gasteiger partial charge < -0.3 is 14.4 Å². The Labute approximate surface area is 78.7 Å². The second kappa shape index (κ2) is 2.99. The molecule has 2 aromatic heterocycles. The Bertz CT molecular complexity index is 472. The molecule has 0 aliphatic heterocycles. The van der Waals surface area contributed by atoms with E-state index in [0.29, 0.717) is 11.3 Å². The Morgan fingerprint density at radius 1 is 1.64 bits per heavy atom. The van der Waals surface area contributed by atoms with E-state index < -0.39 is 5.97 Å². The first kappa shape index (κ1) is 8.49. The highest BCUT2D eigenvalue weighted by Crippen LogP contribution is 2.17. The highest BCUT2D eigenvalue weighted by atomic mass is 16.5. The number of aromatic carboxylic acids is 1. The van der Waals surface area contributed by atoms with Gasteiger partial charge in [0, 0.05) is 24.9 Å². The van der Waals surface area contributed by atoms with Crippen molar-refractivity contribution in [2.24, 2.45) is 7.05 Å². The van der Waals surface area contributed by atoms with Crippen LogP contribution >= 0.6 is 0 Å². The molecule has 0 N–H and O–H groups in total. The van der Waals surface area contributed by atoms with Crippen LogP contribution in [0.15, 0.2) is 23.0 Å². The number of nitrogens with zero attached hydrogens (tertiary/aromatic N) is 3. The number of hydrogen-bond donors (Lipinski definition) is 0. The summed E-state index contributed by atoms with van der Waals surface area (Å²) in [6, 6.07) is 1.30. The lowest BCUT2D eigenvalue weighted by atomic mass is 10.2. The van der Waals surface area contributed by atoms with Crippen LogP contribution in [-0.2, 0) is 7.05 Å². The molecule has 14 heavy (non-hydrogen) atoms. The van der Waals surface area contributed by atoms with Gasteiger partial charge in [-0.1, -0.05) is 5.16 Å². The van der Waals surface area contributed by atoms with Gasteiger partial charge in [0.25, 0.3) is 0 Å². The molecule has 0 bridgehead atoms. The Kier molecular flexibility index (Phi) is 1.81. The molecule has 0 aliphatic carbocycles. The maximum atomic E-state index is 10.4. The van der Waals surface area contributed by atoms with Crippen LogP contribution in [0, 0.1) is 0 Å². The number of hydrogen-bond acceptors (Lipinski definition) is 5. The number of rotatable bonds is 2. The van der Waals surface area contributed by atoms with Crippen LogP contribution in [0.3, 0.4) is 0 Å². The molecule has 2 heterocycles. The average Bonchev–Trinajstić information content (AvgIpc) is 2.70. The quantitative estimate of drug-likeness (QED) is 0.636. The lowest BCUT2D eigenvalue weighted by Crippen LogP contribution is -2.21. The molecule has 0 saturated heterocycles. The third-order valence-electron chi connectivity index (χ3n) is 1.71. The smallest absolute Gasteiger partial charge is 0.182 e. The van der Waals surface area contributed by atoms with Crippen molar-refractivity contribution in [2.45, 2.75) is 0 Å². The molecule has 6 heteroatoms. The van der Waals surface area contributed by atoms with Crippen LogP contribution in [-0.4, -0.2) is 20.9 Å². The summed E-state index contributed by atoms with van der Waals surface area (Å²) >= 11 is 0. The van der Waals surface area contributed by atoms with Crippen molar-refractivity contribution in [3.8, 4) is 11.3 Å². The topological polar surface area (TPSA) is 84.0 Å². The minimum Gasteiger partial charge on any atom is -0.541 e. The van der Waals surface area contributed by atoms with Gasteiger partial charge in [-0.05, 0) is 0 Å². The highest BCUT2D eigenvalue weighted by molar-refractivity contribution is 5.83. The maximum Gasteiger partial charge on any atom is 0.182 e. The van der Waals surface area contributed by atoms with E-state index in [1.54, 1.807) is 24.1 Å². The fourth-order valence-corrected chi connectivity index (χ4v) is 1.06. The molecule has 6 nitrogen and oxygen atoms in total. The standard InChI is InChI=1S/C8H7N3O3/c1-11-4-5(3-9-11)6-2-7(8(12)13)14-10-6/h2-4H,1H3,(H,12,13)/p-1. The molecule has 0 aromatic carbocycles. The first-order valence-electron chi connectivity index (χ1n) is 3.84. The molecule has 0 atom stereocenters. The van der Waals surface area contributed by atoms with Gasteiger partial charge >= 0.3 is 0 Å². The summed E-state index contributed by atoms with van der Waals surface area (Å²) in [6.07, 6.45) is 3.27. The summed E-state index contributed by atoms with van der Waals surface area (Å²) in [5.74, 6) is -1.67. The Morgan fingerprint density at radius 2 is 2.43 bits per heavy atom. The van der Waals surface area contributed by atoms with Crippen LogP contribution < -0.4 is 5.11 Å². The van der Waals surface area contributed by atoms with Gasteiger partial charge in [0.2, 0.25) is 0 Å². The van der Waals surface area contributed by atoms with Gasteiger partial charge in [-0.25, -0.2) is 0 Å². The van der Waals surface area contributed by atoms with E-state index in [-0.39, 0.29) is 5.76 Å². The molecular weight excluding hydrogens is 186 g/mol. The van der Waals surface area contributed by atoms with E-state index in [2.05, 4.69) is 14.8 Å². The summed E-state index contributed by atoms with van der Waals surface area (Å²) in [6.45, 7) is 0. The molecule has 0 fully saturated rings. The molecule has 72 valence electrons. The van der Waals surface area contributed by atoms with E-state index in [1.165, 1.54) is 6.07 Å². The summed E-state index contributed by atoms with van der Waals surface area (Å²) < 4.78 is 6.13. The number of aromatic nitrogens is 3. The van der Waals surface area contributed by atoms with Crippen molar-refractivity contribution in [1.29, 1.82) is 0 Å².